The van der Waals surface area contributed by atoms with Crippen molar-refractivity contribution in [2.24, 2.45) is 11.8 Å². The molecular weight excluding hydrogens is 210 g/mol. The van der Waals surface area contributed by atoms with Crippen LogP contribution in [0.25, 0.3) is 0 Å². The topological polar surface area (TPSA) is 92.2 Å². The Bertz CT molecular complexity index is 407. The summed E-state index contributed by atoms with van der Waals surface area (Å²) < 4.78 is 0. The van der Waals surface area contributed by atoms with Crippen LogP contribution in [0.15, 0.2) is 18.6 Å². The van der Waals surface area contributed by atoms with Crippen molar-refractivity contribution >= 4 is 11.9 Å². The number of aliphatic carboxylic acids is 1. The average Bonchev–Trinajstić information content (AvgIpc) is 3.07. The minimum absolute atomic E-state index is 0.217. The summed E-state index contributed by atoms with van der Waals surface area (Å²) in [5, 5.41) is 11.3. The van der Waals surface area contributed by atoms with E-state index in [0.29, 0.717) is 18.7 Å². The normalized spacial score (nSPS) is 22.5. The molecule has 2 atom stereocenters. The Hall–Kier alpha value is -1.98. The Morgan fingerprint density at radius 1 is 1.50 bits per heavy atom. The molecule has 2 rings (SSSR count). The molecule has 84 valence electrons. The number of carbonyl (C=O) groups excluding carboxylic acids is 1. The highest BCUT2D eigenvalue weighted by Gasteiger charge is 2.48. The first-order valence-electron chi connectivity index (χ1n) is 4.94. The molecule has 0 saturated heterocycles. The van der Waals surface area contributed by atoms with E-state index < -0.39 is 11.9 Å². The van der Waals surface area contributed by atoms with Crippen molar-refractivity contribution in [1.82, 2.24) is 15.3 Å². The quantitative estimate of drug-likeness (QED) is 0.735. The zero-order valence-electron chi connectivity index (χ0n) is 8.46. The smallest absolute Gasteiger partial charge is 0.307 e. The van der Waals surface area contributed by atoms with Crippen LogP contribution in [-0.4, -0.2) is 27.0 Å². The number of carboxylic acid groups (broad SMARTS) is 1. The maximum absolute atomic E-state index is 11.5. The van der Waals surface area contributed by atoms with E-state index in [2.05, 4.69) is 15.3 Å². The second-order valence-electron chi connectivity index (χ2n) is 3.71. The number of hydrogen-bond donors (Lipinski definition) is 2. The van der Waals surface area contributed by atoms with Crippen LogP contribution in [0, 0.1) is 11.8 Å². The zero-order valence-corrected chi connectivity index (χ0v) is 8.46. The van der Waals surface area contributed by atoms with Crippen LogP contribution in [0.3, 0.4) is 0 Å². The van der Waals surface area contributed by atoms with Crippen molar-refractivity contribution < 1.29 is 14.7 Å². The first kappa shape index (κ1) is 10.5. The second kappa shape index (κ2) is 4.26. The molecule has 0 aliphatic heterocycles. The molecule has 1 fully saturated rings. The lowest BCUT2D eigenvalue weighted by Crippen LogP contribution is -2.26. The van der Waals surface area contributed by atoms with Crippen molar-refractivity contribution in [1.29, 1.82) is 0 Å². The van der Waals surface area contributed by atoms with E-state index in [9.17, 15) is 9.59 Å². The number of amides is 1. The number of nitrogens with zero attached hydrogens (tertiary/aromatic N) is 2. The Balaban J connectivity index is 1.80. The van der Waals surface area contributed by atoms with Gasteiger partial charge in [0.1, 0.15) is 6.33 Å². The molecule has 1 amide bonds. The van der Waals surface area contributed by atoms with Crippen molar-refractivity contribution in [3.63, 3.8) is 0 Å². The zero-order chi connectivity index (χ0) is 11.5. The minimum atomic E-state index is -0.901. The van der Waals surface area contributed by atoms with Gasteiger partial charge in [0, 0.05) is 6.20 Å². The van der Waals surface area contributed by atoms with E-state index in [1.54, 1.807) is 12.3 Å². The fourth-order valence-electron chi connectivity index (χ4n) is 1.49. The number of rotatable bonds is 4. The van der Waals surface area contributed by atoms with Gasteiger partial charge in [0.25, 0.3) is 0 Å². The Labute approximate surface area is 91.7 Å². The van der Waals surface area contributed by atoms with Crippen molar-refractivity contribution in [2.75, 3.05) is 0 Å². The van der Waals surface area contributed by atoms with Gasteiger partial charge in [-0.15, -0.1) is 0 Å². The highest BCUT2D eigenvalue weighted by atomic mass is 16.4. The lowest BCUT2D eigenvalue weighted by molar-refractivity contribution is -0.140. The van der Waals surface area contributed by atoms with Gasteiger partial charge in [-0.2, -0.15) is 0 Å². The summed E-state index contributed by atoms with van der Waals surface area (Å²) in [4.78, 5) is 29.7. The van der Waals surface area contributed by atoms with Crippen molar-refractivity contribution in [3.05, 3.63) is 24.3 Å². The summed E-state index contributed by atoms with van der Waals surface area (Å²) in [6.07, 6.45) is 3.43. The third-order valence-corrected chi connectivity index (χ3v) is 2.53. The standard InChI is InChI=1S/C10H11N3O3/c14-9(7-3-8(7)10(15)16)12-4-6-1-2-11-5-13-6/h1-2,5,7-8H,3-4H2,(H,12,14)(H,15,16). The van der Waals surface area contributed by atoms with Gasteiger partial charge in [-0.3, -0.25) is 9.59 Å². The monoisotopic (exact) mass is 221 g/mol. The first-order chi connectivity index (χ1) is 7.68. The van der Waals surface area contributed by atoms with E-state index in [-0.39, 0.29) is 11.8 Å². The van der Waals surface area contributed by atoms with E-state index in [1.807, 2.05) is 0 Å². The van der Waals surface area contributed by atoms with Gasteiger partial charge >= 0.3 is 5.97 Å². The number of nitrogens with one attached hydrogen (secondary N) is 1. The lowest BCUT2D eigenvalue weighted by Gasteiger charge is -2.02. The Morgan fingerprint density at radius 2 is 2.31 bits per heavy atom. The Morgan fingerprint density at radius 3 is 2.88 bits per heavy atom. The Kier molecular flexibility index (Phi) is 2.80. The summed E-state index contributed by atoms with van der Waals surface area (Å²) in [6.45, 7) is 0.310. The predicted octanol–water partition coefficient (Wildman–Crippen LogP) is -0.187. The number of aromatic nitrogens is 2. The molecule has 0 aromatic carbocycles. The SMILES string of the molecule is O=C(O)C1CC1C(=O)NCc1ccncn1. The summed E-state index contributed by atoms with van der Waals surface area (Å²) >= 11 is 0. The molecule has 1 aliphatic rings. The van der Waals surface area contributed by atoms with Crippen LogP contribution in [0.4, 0.5) is 0 Å². The molecule has 6 heteroatoms. The molecule has 1 heterocycles. The number of hydrogen-bond acceptors (Lipinski definition) is 4. The van der Waals surface area contributed by atoms with E-state index in [4.69, 9.17) is 5.11 Å². The largest absolute Gasteiger partial charge is 0.481 e. The molecule has 6 nitrogen and oxygen atoms in total. The van der Waals surface area contributed by atoms with E-state index in [0.717, 1.165) is 0 Å². The van der Waals surface area contributed by atoms with Crippen LogP contribution in [0.5, 0.6) is 0 Å². The van der Waals surface area contributed by atoms with Crippen LogP contribution in [-0.2, 0) is 16.1 Å². The van der Waals surface area contributed by atoms with Crippen molar-refractivity contribution in [3.8, 4) is 0 Å². The van der Waals surface area contributed by atoms with Gasteiger partial charge in [0.05, 0.1) is 24.1 Å². The van der Waals surface area contributed by atoms with Gasteiger partial charge in [-0.1, -0.05) is 0 Å². The number of carboxylic acids is 1. The highest BCUT2D eigenvalue weighted by molar-refractivity contribution is 5.89. The second-order valence-corrected chi connectivity index (χ2v) is 3.71. The van der Waals surface area contributed by atoms with E-state index >= 15 is 0 Å². The predicted molar refractivity (Wildman–Crippen MR) is 53.1 cm³/mol. The van der Waals surface area contributed by atoms with Gasteiger partial charge in [-0.05, 0) is 12.5 Å². The van der Waals surface area contributed by atoms with Crippen LogP contribution >= 0.6 is 0 Å². The molecule has 1 aliphatic carbocycles. The number of carbonyl (C=O) groups is 2. The molecule has 0 bridgehead atoms. The molecule has 2 N–H and O–H groups in total. The molecule has 0 spiro atoms. The maximum atomic E-state index is 11.5. The average molecular weight is 221 g/mol. The molecule has 1 saturated carbocycles. The summed E-state index contributed by atoms with van der Waals surface area (Å²) in [5.74, 6) is -2.00. The van der Waals surface area contributed by atoms with Gasteiger partial charge in [0.2, 0.25) is 5.91 Å². The first-order valence-corrected chi connectivity index (χ1v) is 4.94. The summed E-state index contributed by atoms with van der Waals surface area (Å²) in [7, 11) is 0. The van der Waals surface area contributed by atoms with Gasteiger partial charge in [0.15, 0.2) is 0 Å². The molecule has 1 aromatic heterocycles. The fourth-order valence-corrected chi connectivity index (χ4v) is 1.49. The third kappa shape index (κ3) is 2.33. The van der Waals surface area contributed by atoms with Crippen LogP contribution in [0.1, 0.15) is 12.1 Å². The highest BCUT2D eigenvalue weighted by Crippen LogP contribution is 2.38. The van der Waals surface area contributed by atoms with Gasteiger partial charge in [-0.25, -0.2) is 9.97 Å². The summed E-state index contributed by atoms with van der Waals surface area (Å²) in [6, 6.07) is 1.70. The fraction of sp³-hybridized carbons (Fsp3) is 0.400. The maximum Gasteiger partial charge on any atom is 0.307 e. The lowest BCUT2D eigenvalue weighted by atomic mass is 10.3. The van der Waals surface area contributed by atoms with Crippen LogP contribution < -0.4 is 5.32 Å². The molecule has 2 unspecified atom stereocenters. The molecular formula is C10H11N3O3. The van der Waals surface area contributed by atoms with E-state index in [1.165, 1.54) is 6.33 Å². The minimum Gasteiger partial charge on any atom is -0.481 e. The molecule has 16 heavy (non-hydrogen) atoms. The van der Waals surface area contributed by atoms with Crippen LogP contribution in [0.2, 0.25) is 0 Å². The molecule has 0 radical (unpaired) electrons. The summed E-state index contributed by atoms with van der Waals surface area (Å²) in [5.41, 5.74) is 0.705. The van der Waals surface area contributed by atoms with Gasteiger partial charge < -0.3 is 10.4 Å². The third-order valence-electron chi connectivity index (χ3n) is 2.53. The van der Waals surface area contributed by atoms with Crippen molar-refractivity contribution in [2.45, 2.75) is 13.0 Å². The molecule has 1 aromatic rings.